The molecule has 3 aromatic carbocycles. The zero-order chi connectivity index (χ0) is 37.8. The molecule has 0 spiro atoms. The highest BCUT2D eigenvalue weighted by molar-refractivity contribution is 7.95. The molecule has 1 aliphatic heterocycles. The van der Waals surface area contributed by atoms with Crippen LogP contribution in [0.5, 0.6) is 0 Å². The number of carbonyl (C=O) groups excluding carboxylic acids is 1. The van der Waals surface area contributed by atoms with Crippen LogP contribution in [0.25, 0.3) is 5.57 Å². The maximum Gasteiger partial charge on any atom is 0.264 e. The Morgan fingerprint density at radius 1 is 0.792 bits per heavy atom. The van der Waals surface area contributed by atoms with Crippen LogP contribution in [0.15, 0.2) is 112 Å². The van der Waals surface area contributed by atoms with Gasteiger partial charge in [-0.3, -0.25) is 9.69 Å². The van der Waals surface area contributed by atoms with Crippen LogP contribution < -0.4 is 14.9 Å². The van der Waals surface area contributed by atoms with Crippen LogP contribution in [-0.4, -0.2) is 71.7 Å². The highest BCUT2D eigenvalue weighted by Crippen LogP contribution is 2.30. The predicted molar refractivity (Wildman–Crippen MR) is 215 cm³/mol. The number of nitrogens with one attached hydrogen (secondary N) is 2. The third kappa shape index (κ3) is 9.57. The van der Waals surface area contributed by atoms with E-state index in [4.69, 9.17) is 0 Å². The fraction of sp³-hybridized carbons (Fsp3) is 0.357. The summed E-state index contributed by atoms with van der Waals surface area (Å²) in [5, 5.41) is 3.27. The number of nitrogens with zero attached hydrogens (tertiary/aromatic N) is 2. The average Bonchev–Trinajstić information content (AvgIpc) is 3.13. The number of piperazine rings is 1. The van der Waals surface area contributed by atoms with Gasteiger partial charge in [0.15, 0.2) is 9.84 Å². The van der Waals surface area contributed by atoms with E-state index in [2.05, 4.69) is 63.2 Å². The molecule has 2 aliphatic carbocycles. The molecule has 53 heavy (non-hydrogen) atoms. The third-order valence-corrected chi connectivity index (χ3v) is 13.4. The maximum absolute atomic E-state index is 13.3. The largest absolute Gasteiger partial charge is 0.379 e. The van der Waals surface area contributed by atoms with Crippen molar-refractivity contribution < 1.29 is 21.6 Å². The Balaban J connectivity index is 1.02. The van der Waals surface area contributed by atoms with Gasteiger partial charge in [-0.1, -0.05) is 54.1 Å². The van der Waals surface area contributed by atoms with Gasteiger partial charge in [-0.05, 0) is 124 Å². The van der Waals surface area contributed by atoms with Crippen LogP contribution in [0, 0.1) is 13.8 Å². The van der Waals surface area contributed by atoms with Gasteiger partial charge >= 0.3 is 0 Å². The molecule has 280 valence electrons. The van der Waals surface area contributed by atoms with E-state index in [-0.39, 0.29) is 16.2 Å². The van der Waals surface area contributed by atoms with Crippen molar-refractivity contribution in [2.75, 3.05) is 48.7 Å². The second kappa shape index (κ2) is 15.9. The highest BCUT2D eigenvalue weighted by atomic mass is 32.2. The Hall–Kier alpha value is -4.45. The number of sulfonamides is 1. The zero-order valence-electron chi connectivity index (χ0n) is 31.1. The number of aryl methyl sites for hydroxylation is 2. The molecule has 0 radical (unpaired) electrons. The van der Waals surface area contributed by atoms with Crippen molar-refractivity contribution in [1.82, 2.24) is 9.62 Å². The van der Waals surface area contributed by atoms with Gasteiger partial charge in [0, 0.05) is 55.2 Å². The van der Waals surface area contributed by atoms with Gasteiger partial charge in [-0.2, -0.15) is 0 Å². The van der Waals surface area contributed by atoms with Gasteiger partial charge < -0.3 is 10.2 Å². The topological polar surface area (TPSA) is 116 Å². The van der Waals surface area contributed by atoms with Crippen molar-refractivity contribution in [2.45, 2.75) is 63.8 Å². The SMILES string of the molecule is Cc1ccc(C2=CCCC=C2CN2CCN(c3ccc(C(=O)NS(=O)(=O)c4ccc(NC(C)(C)CS(=O)(=O)C5=CCCC=C5)c(C)c4)cc3)CC2)cc1. The summed E-state index contributed by atoms with van der Waals surface area (Å²) in [6.45, 7) is 11.9. The van der Waals surface area contributed by atoms with Gasteiger partial charge in [0.2, 0.25) is 0 Å². The summed E-state index contributed by atoms with van der Waals surface area (Å²) in [5.41, 5.74) is 6.87. The van der Waals surface area contributed by atoms with E-state index in [9.17, 15) is 21.6 Å². The van der Waals surface area contributed by atoms with Gasteiger partial charge in [-0.25, -0.2) is 21.6 Å². The second-order valence-electron chi connectivity index (χ2n) is 14.9. The highest BCUT2D eigenvalue weighted by Gasteiger charge is 2.29. The first-order valence-corrected chi connectivity index (χ1v) is 21.4. The number of benzene rings is 3. The van der Waals surface area contributed by atoms with Crippen molar-refractivity contribution in [3.05, 3.63) is 130 Å². The first-order valence-electron chi connectivity index (χ1n) is 18.3. The van der Waals surface area contributed by atoms with Crippen molar-refractivity contribution in [3.8, 4) is 0 Å². The lowest BCUT2D eigenvalue weighted by atomic mass is 9.91. The van der Waals surface area contributed by atoms with Crippen molar-refractivity contribution in [3.63, 3.8) is 0 Å². The number of sulfone groups is 1. The molecule has 1 amide bonds. The van der Waals surface area contributed by atoms with E-state index in [0.29, 0.717) is 22.6 Å². The lowest BCUT2D eigenvalue weighted by molar-refractivity contribution is 0.0981. The van der Waals surface area contributed by atoms with Crippen molar-refractivity contribution >= 4 is 42.7 Å². The van der Waals surface area contributed by atoms with Gasteiger partial charge in [0.1, 0.15) is 0 Å². The predicted octanol–water partition coefficient (Wildman–Crippen LogP) is 7.19. The molecule has 1 heterocycles. The van der Waals surface area contributed by atoms with Crippen LogP contribution in [0.3, 0.4) is 0 Å². The lowest BCUT2D eigenvalue weighted by Crippen LogP contribution is -2.47. The molecule has 0 aromatic heterocycles. The Kier molecular flexibility index (Phi) is 11.5. The summed E-state index contributed by atoms with van der Waals surface area (Å²) in [5.74, 6) is -0.844. The third-order valence-electron chi connectivity index (χ3n) is 9.95. The van der Waals surface area contributed by atoms with E-state index in [0.717, 1.165) is 57.7 Å². The van der Waals surface area contributed by atoms with Gasteiger partial charge in [-0.15, -0.1) is 0 Å². The van der Waals surface area contributed by atoms with Crippen LogP contribution in [0.2, 0.25) is 0 Å². The second-order valence-corrected chi connectivity index (χ2v) is 18.5. The number of amides is 1. The summed E-state index contributed by atoms with van der Waals surface area (Å²) in [7, 11) is -7.68. The fourth-order valence-electron chi connectivity index (χ4n) is 7.10. The number of hydrogen-bond donors (Lipinski definition) is 2. The molecule has 1 saturated heterocycles. The monoisotopic (exact) mass is 754 g/mol. The standard InChI is InChI=1S/C42H50N4O5S2/c1-31-14-16-33(17-15-31)39-13-9-8-10-35(39)29-45-24-26-46(27-25-45)36-20-18-34(19-21-36)41(47)44-53(50,51)38-22-23-40(32(2)28-38)43-42(3,4)30-52(48,49)37-11-6-5-7-12-37/h6,10-23,28,43H,5,7-9,24-27,29-30H2,1-4H3,(H,44,47). The summed E-state index contributed by atoms with van der Waals surface area (Å²) in [4.78, 5) is 18.2. The van der Waals surface area contributed by atoms with Crippen LogP contribution in [-0.2, 0) is 19.9 Å². The first-order chi connectivity index (χ1) is 25.2. The number of carbonyl (C=O) groups is 1. The van der Waals surface area contributed by atoms with E-state index in [1.165, 1.54) is 34.4 Å². The van der Waals surface area contributed by atoms with E-state index in [1.54, 1.807) is 51.1 Å². The molecule has 0 saturated carbocycles. The molecular weight excluding hydrogens is 705 g/mol. The van der Waals surface area contributed by atoms with Gasteiger partial charge in [0.05, 0.1) is 15.6 Å². The molecule has 11 heteroatoms. The van der Waals surface area contributed by atoms with Gasteiger partial charge in [0.25, 0.3) is 15.9 Å². The average molecular weight is 755 g/mol. The first kappa shape index (κ1) is 38.3. The normalized spacial score (nSPS) is 17.1. The number of anilines is 2. The Labute approximate surface area is 315 Å². The Bertz CT molecular complexity index is 2180. The van der Waals surface area contributed by atoms with Crippen LogP contribution in [0.1, 0.15) is 66.6 Å². The molecule has 3 aromatic rings. The van der Waals surface area contributed by atoms with E-state index in [1.807, 2.05) is 18.2 Å². The van der Waals surface area contributed by atoms with Crippen LogP contribution in [0.4, 0.5) is 11.4 Å². The molecule has 0 bridgehead atoms. The lowest BCUT2D eigenvalue weighted by Gasteiger charge is -2.37. The molecule has 6 rings (SSSR count). The summed E-state index contributed by atoms with van der Waals surface area (Å²) in [6, 6.07) is 20.3. The molecule has 2 N–H and O–H groups in total. The van der Waals surface area contributed by atoms with Crippen molar-refractivity contribution in [1.29, 1.82) is 0 Å². The molecule has 9 nitrogen and oxygen atoms in total. The summed E-state index contributed by atoms with van der Waals surface area (Å²) >= 11 is 0. The Morgan fingerprint density at radius 3 is 2.13 bits per heavy atom. The molecular formula is C42H50N4O5S2. The minimum atomic E-state index is -4.17. The van der Waals surface area contributed by atoms with Crippen LogP contribution >= 0.6 is 0 Å². The smallest absolute Gasteiger partial charge is 0.264 e. The number of hydrogen-bond acceptors (Lipinski definition) is 8. The quantitative estimate of drug-likeness (QED) is 0.200. The fourth-order valence-corrected chi connectivity index (χ4v) is 10.0. The molecule has 0 unspecified atom stereocenters. The van der Waals surface area contributed by atoms with E-state index >= 15 is 0 Å². The summed E-state index contributed by atoms with van der Waals surface area (Å²) in [6.07, 6.45) is 13.7. The molecule has 0 atom stereocenters. The zero-order valence-corrected chi connectivity index (χ0v) is 32.7. The Morgan fingerprint density at radius 2 is 1.47 bits per heavy atom. The maximum atomic E-state index is 13.3. The summed E-state index contributed by atoms with van der Waals surface area (Å²) < 4.78 is 54.8. The number of rotatable bonds is 12. The molecule has 1 fully saturated rings. The number of allylic oxidation sites excluding steroid dienone is 5. The molecule has 3 aliphatic rings. The minimum absolute atomic E-state index is 0.0585. The minimum Gasteiger partial charge on any atom is -0.379 e. The van der Waals surface area contributed by atoms with Crippen molar-refractivity contribution in [2.24, 2.45) is 0 Å². The van der Waals surface area contributed by atoms with E-state index < -0.39 is 31.3 Å².